The van der Waals surface area contributed by atoms with E-state index < -0.39 is 5.82 Å². The van der Waals surface area contributed by atoms with E-state index in [9.17, 15) is 9.18 Å². The van der Waals surface area contributed by atoms with Gasteiger partial charge in [-0.25, -0.2) is 4.39 Å². The number of carbonyl (C=O) groups is 1. The number of hydrogen-bond donors (Lipinski definition) is 0. The highest BCUT2D eigenvalue weighted by Crippen LogP contribution is 2.28. The molecule has 0 aliphatic carbocycles. The van der Waals surface area contributed by atoms with Crippen LogP contribution in [0.4, 0.5) is 4.39 Å². The van der Waals surface area contributed by atoms with E-state index in [0.29, 0.717) is 24.4 Å². The number of rotatable bonds is 1. The maximum absolute atomic E-state index is 13.3. The third kappa shape index (κ3) is 2.45. The van der Waals surface area contributed by atoms with Gasteiger partial charge < -0.3 is 4.74 Å². The molecule has 0 unspecified atom stereocenters. The van der Waals surface area contributed by atoms with Crippen molar-refractivity contribution in [3.8, 4) is 5.75 Å². The van der Waals surface area contributed by atoms with Gasteiger partial charge in [-0.1, -0.05) is 6.07 Å². The molecule has 0 spiro atoms. The van der Waals surface area contributed by atoms with Gasteiger partial charge in [-0.05, 0) is 35.9 Å². The van der Waals surface area contributed by atoms with Crippen LogP contribution in [-0.2, 0) is 0 Å². The number of Topliss-reactive ketones (excluding diaryl/α,β-unsaturated/α-hetero) is 1. The smallest absolute Gasteiger partial charge is 0.192 e. The van der Waals surface area contributed by atoms with Crippen molar-refractivity contribution in [2.45, 2.75) is 6.42 Å². The molecule has 0 saturated carbocycles. The van der Waals surface area contributed by atoms with Crippen LogP contribution in [0.15, 0.2) is 48.3 Å². The van der Waals surface area contributed by atoms with Gasteiger partial charge in [0, 0.05) is 24.4 Å². The molecule has 1 aliphatic heterocycles. The monoisotopic (exact) mass is 269 g/mol. The molecule has 2 heterocycles. The summed E-state index contributed by atoms with van der Waals surface area (Å²) in [6.45, 7) is 0.399. The first kappa shape index (κ1) is 12.5. The third-order valence-corrected chi connectivity index (χ3v) is 3.13. The van der Waals surface area contributed by atoms with Crippen LogP contribution < -0.4 is 4.74 Å². The molecule has 0 N–H and O–H groups in total. The topological polar surface area (TPSA) is 39.2 Å². The number of halogens is 1. The van der Waals surface area contributed by atoms with Gasteiger partial charge in [-0.3, -0.25) is 9.78 Å². The quantitative estimate of drug-likeness (QED) is 0.746. The Bertz CT molecular complexity index is 680. The molecule has 3 rings (SSSR count). The van der Waals surface area contributed by atoms with Crippen LogP contribution in [0.5, 0.6) is 5.75 Å². The van der Waals surface area contributed by atoms with E-state index in [1.807, 2.05) is 6.07 Å². The Labute approximate surface area is 115 Å². The number of pyridine rings is 1. The average Bonchev–Trinajstić information content (AvgIpc) is 2.61. The first-order valence-corrected chi connectivity index (χ1v) is 6.32. The standard InChI is InChI=1S/C16H12FNO2/c17-13-3-4-15-14(9-13)16(19)12(5-7-20-15)8-11-2-1-6-18-10-11/h1-4,6,8-10H,5,7H2. The normalized spacial score (nSPS) is 16.4. The van der Waals surface area contributed by atoms with E-state index in [-0.39, 0.29) is 11.3 Å². The summed E-state index contributed by atoms with van der Waals surface area (Å²) in [6.07, 6.45) is 5.62. The summed E-state index contributed by atoms with van der Waals surface area (Å²) in [5.74, 6) is -0.199. The fourth-order valence-electron chi connectivity index (χ4n) is 2.16. The number of ketones is 1. The number of hydrogen-bond acceptors (Lipinski definition) is 3. The predicted octanol–water partition coefficient (Wildman–Crippen LogP) is 3.27. The van der Waals surface area contributed by atoms with Crippen molar-refractivity contribution in [2.75, 3.05) is 6.61 Å². The zero-order valence-electron chi connectivity index (χ0n) is 10.7. The van der Waals surface area contributed by atoms with E-state index in [1.165, 1.54) is 18.2 Å². The lowest BCUT2D eigenvalue weighted by molar-refractivity contribution is 0.103. The third-order valence-electron chi connectivity index (χ3n) is 3.13. The van der Waals surface area contributed by atoms with Gasteiger partial charge in [0.15, 0.2) is 5.78 Å². The highest BCUT2D eigenvalue weighted by molar-refractivity contribution is 6.13. The number of fused-ring (bicyclic) bond motifs is 1. The molecule has 0 saturated heterocycles. The summed E-state index contributed by atoms with van der Waals surface area (Å²) in [5, 5.41) is 0. The van der Waals surface area contributed by atoms with Crippen molar-refractivity contribution in [3.05, 3.63) is 65.2 Å². The van der Waals surface area contributed by atoms with Crippen LogP contribution >= 0.6 is 0 Å². The molecule has 3 nitrogen and oxygen atoms in total. The van der Waals surface area contributed by atoms with Crippen molar-refractivity contribution in [3.63, 3.8) is 0 Å². The first-order chi connectivity index (χ1) is 9.74. The Hall–Kier alpha value is -2.49. The maximum atomic E-state index is 13.3. The summed E-state index contributed by atoms with van der Waals surface area (Å²) in [6, 6.07) is 7.68. The molecule has 1 aromatic heterocycles. The molecule has 1 aliphatic rings. The largest absolute Gasteiger partial charge is 0.492 e. The fraction of sp³-hybridized carbons (Fsp3) is 0.125. The lowest BCUT2D eigenvalue weighted by Crippen LogP contribution is -2.02. The second-order valence-corrected chi connectivity index (χ2v) is 4.52. The Balaban J connectivity index is 2.03. The maximum Gasteiger partial charge on any atom is 0.192 e. The van der Waals surface area contributed by atoms with Crippen molar-refractivity contribution in [1.82, 2.24) is 4.98 Å². The summed E-state index contributed by atoms with van der Waals surface area (Å²) < 4.78 is 18.8. The minimum atomic E-state index is -0.441. The number of ether oxygens (including phenoxy) is 1. The van der Waals surface area contributed by atoms with Crippen molar-refractivity contribution in [1.29, 1.82) is 0 Å². The minimum absolute atomic E-state index is 0.194. The van der Waals surface area contributed by atoms with Gasteiger partial charge in [0.2, 0.25) is 0 Å². The highest BCUT2D eigenvalue weighted by atomic mass is 19.1. The fourth-order valence-corrected chi connectivity index (χ4v) is 2.16. The van der Waals surface area contributed by atoms with E-state index in [2.05, 4.69) is 4.98 Å². The van der Waals surface area contributed by atoms with Gasteiger partial charge in [0.05, 0.1) is 12.2 Å². The number of benzene rings is 1. The number of carbonyl (C=O) groups excluding carboxylic acids is 1. The number of aromatic nitrogens is 1. The molecule has 0 amide bonds. The van der Waals surface area contributed by atoms with E-state index in [4.69, 9.17) is 4.74 Å². The second-order valence-electron chi connectivity index (χ2n) is 4.52. The van der Waals surface area contributed by atoms with E-state index in [0.717, 1.165) is 5.56 Å². The summed E-state index contributed by atoms with van der Waals surface area (Å²) in [5.41, 5.74) is 1.72. The number of nitrogens with zero attached hydrogens (tertiary/aromatic N) is 1. The molecule has 0 fully saturated rings. The molecule has 0 radical (unpaired) electrons. The Morgan fingerprint density at radius 2 is 2.20 bits per heavy atom. The lowest BCUT2D eigenvalue weighted by atomic mass is 9.99. The molecule has 20 heavy (non-hydrogen) atoms. The minimum Gasteiger partial charge on any atom is -0.492 e. The average molecular weight is 269 g/mol. The Morgan fingerprint density at radius 1 is 1.30 bits per heavy atom. The van der Waals surface area contributed by atoms with Crippen LogP contribution in [0.25, 0.3) is 6.08 Å². The predicted molar refractivity (Wildman–Crippen MR) is 73.1 cm³/mol. The van der Waals surface area contributed by atoms with Crippen molar-refractivity contribution in [2.24, 2.45) is 0 Å². The van der Waals surface area contributed by atoms with Crippen molar-refractivity contribution < 1.29 is 13.9 Å². The molecule has 1 aromatic carbocycles. The molecule has 2 aromatic rings. The molecule has 100 valence electrons. The van der Waals surface area contributed by atoms with Crippen LogP contribution in [0.2, 0.25) is 0 Å². The zero-order valence-corrected chi connectivity index (χ0v) is 10.7. The summed E-state index contributed by atoms with van der Waals surface area (Å²) >= 11 is 0. The molecule has 0 bridgehead atoms. The molecule has 0 atom stereocenters. The summed E-state index contributed by atoms with van der Waals surface area (Å²) in [4.78, 5) is 16.5. The highest BCUT2D eigenvalue weighted by Gasteiger charge is 2.21. The lowest BCUT2D eigenvalue weighted by Gasteiger charge is -2.04. The molecule has 4 heteroatoms. The van der Waals surface area contributed by atoms with Crippen LogP contribution in [0, 0.1) is 5.82 Å². The van der Waals surface area contributed by atoms with E-state index >= 15 is 0 Å². The van der Waals surface area contributed by atoms with Crippen molar-refractivity contribution >= 4 is 11.9 Å². The SMILES string of the molecule is O=C1C(=Cc2cccnc2)CCOc2ccc(F)cc21. The molecular weight excluding hydrogens is 257 g/mol. The van der Waals surface area contributed by atoms with Gasteiger partial charge in [-0.2, -0.15) is 0 Å². The van der Waals surface area contributed by atoms with E-state index in [1.54, 1.807) is 24.5 Å². The van der Waals surface area contributed by atoms with Gasteiger partial charge in [-0.15, -0.1) is 0 Å². The zero-order chi connectivity index (χ0) is 13.9. The first-order valence-electron chi connectivity index (χ1n) is 6.32. The van der Waals surface area contributed by atoms with Gasteiger partial charge in [0.25, 0.3) is 0 Å². The van der Waals surface area contributed by atoms with Gasteiger partial charge in [0.1, 0.15) is 11.6 Å². The van der Waals surface area contributed by atoms with Gasteiger partial charge >= 0.3 is 0 Å². The summed E-state index contributed by atoms with van der Waals surface area (Å²) in [7, 11) is 0. The Morgan fingerprint density at radius 3 is 3.00 bits per heavy atom. The second kappa shape index (κ2) is 5.25. The molecular formula is C16H12FNO2. The van der Waals surface area contributed by atoms with Crippen LogP contribution in [-0.4, -0.2) is 17.4 Å². The van der Waals surface area contributed by atoms with Crippen LogP contribution in [0.1, 0.15) is 22.3 Å². The Kier molecular flexibility index (Phi) is 3.29. The van der Waals surface area contributed by atoms with Crippen LogP contribution in [0.3, 0.4) is 0 Å².